The van der Waals surface area contributed by atoms with Crippen LogP contribution in [0.15, 0.2) is 96.5 Å². The van der Waals surface area contributed by atoms with Crippen LogP contribution in [0, 0.1) is 0 Å². The lowest BCUT2D eigenvalue weighted by Gasteiger charge is -2.00. The average molecular weight is 354 g/mol. The standard InChI is InChI=1S/C22H18N4O/c1-3-8-18(9-4-1)17-27-24-15-20-16-26(21-11-5-2-6-12-21)25-22(20)19-10-7-13-23-14-19/h1-16H,17H2/b24-15+. The SMILES string of the molecule is C(=N\OCc1ccccc1)/c1cn(-c2ccccc2)nc1-c1cccnc1. The van der Waals surface area contributed by atoms with Crippen molar-refractivity contribution >= 4 is 6.21 Å². The molecule has 27 heavy (non-hydrogen) atoms. The molecule has 0 amide bonds. The summed E-state index contributed by atoms with van der Waals surface area (Å²) < 4.78 is 1.83. The van der Waals surface area contributed by atoms with Gasteiger partial charge in [-0.05, 0) is 29.8 Å². The molecule has 2 aromatic carbocycles. The van der Waals surface area contributed by atoms with E-state index in [4.69, 9.17) is 9.94 Å². The van der Waals surface area contributed by atoms with Gasteiger partial charge in [-0.1, -0.05) is 53.7 Å². The number of hydrogen-bond donors (Lipinski definition) is 0. The van der Waals surface area contributed by atoms with Crippen LogP contribution in [0.5, 0.6) is 0 Å². The molecule has 132 valence electrons. The van der Waals surface area contributed by atoms with E-state index < -0.39 is 0 Å². The van der Waals surface area contributed by atoms with E-state index in [1.807, 2.05) is 83.7 Å². The van der Waals surface area contributed by atoms with Crippen molar-refractivity contribution in [3.8, 4) is 16.9 Å². The van der Waals surface area contributed by atoms with E-state index in [2.05, 4.69) is 10.1 Å². The molecule has 0 spiro atoms. The lowest BCUT2D eigenvalue weighted by molar-refractivity contribution is 0.132. The highest BCUT2D eigenvalue weighted by Gasteiger charge is 2.11. The summed E-state index contributed by atoms with van der Waals surface area (Å²) in [5.74, 6) is 0. The molecule has 0 N–H and O–H groups in total. The maximum Gasteiger partial charge on any atom is 0.142 e. The minimum absolute atomic E-state index is 0.423. The number of benzene rings is 2. The molecule has 5 heteroatoms. The van der Waals surface area contributed by atoms with Crippen molar-refractivity contribution < 1.29 is 4.84 Å². The quantitative estimate of drug-likeness (QED) is 0.379. The largest absolute Gasteiger partial charge is 0.391 e. The molecule has 4 aromatic rings. The van der Waals surface area contributed by atoms with Crippen molar-refractivity contribution in [3.63, 3.8) is 0 Å². The Morgan fingerprint density at radius 3 is 2.44 bits per heavy atom. The number of hydrogen-bond acceptors (Lipinski definition) is 4. The Morgan fingerprint density at radius 1 is 0.926 bits per heavy atom. The maximum atomic E-state index is 5.45. The van der Waals surface area contributed by atoms with Gasteiger partial charge in [0.2, 0.25) is 0 Å². The summed E-state index contributed by atoms with van der Waals surface area (Å²) in [6.07, 6.45) is 7.17. The average Bonchev–Trinajstić information content (AvgIpc) is 3.17. The molecule has 0 saturated heterocycles. The van der Waals surface area contributed by atoms with Crippen LogP contribution in [0.3, 0.4) is 0 Å². The summed E-state index contributed by atoms with van der Waals surface area (Å²) in [4.78, 5) is 9.64. The Labute approximate surface area is 157 Å². The summed E-state index contributed by atoms with van der Waals surface area (Å²) >= 11 is 0. The van der Waals surface area contributed by atoms with E-state index in [0.717, 1.165) is 28.1 Å². The third-order valence-corrected chi connectivity index (χ3v) is 4.04. The predicted octanol–water partition coefficient (Wildman–Crippen LogP) is 4.49. The van der Waals surface area contributed by atoms with Gasteiger partial charge < -0.3 is 4.84 Å². The van der Waals surface area contributed by atoms with Crippen LogP contribution in [0.1, 0.15) is 11.1 Å². The highest BCUT2D eigenvalue weighted by Crippen LogP contribution is 2.21. The van der Waals surface area contributed by atoms with Gasteiger partial charge in [0.15, 0.2) is 0 Å². The smallest absolute Gasteiger partial charge is 0.142 e. The molecule has 2 heterocycles. The first kappa shape index (κ1) is 16.7. The fraction of sp³-hybridized carbons (Fsp3) is 0.0455. The second-order valence-corrected chi connectivity index (χ2v) is 5.95. The maximum absolute atomic E-state index is 5.45. The number of pyridine rings is 1. The third-order valence-electron chi connectivity index (χ3n) is 4.04. The van der Waals surface area contributed by atoms with Gasteiger partial charge in [-0.2, -0.15) is 5.10 Å². The summed E-state index contributed by atoms with van der Waals surface area (Å²) in [5, 5.41) is 8.85. The summed E-state index contributed by atoms with van der Waals surface area (Å²) in [6, 6.07) is 23.8. The first-order chi connectivity index (χ1) is 13.4. The van der Waals surface area contributed by atoms with Crippen molar-refractivity contribution in [1.82, 2.24) is 14.8 Å². The predicted molar refractivity (Wildman–Crippen MR) is 106 cm³/mol. The van der Waals surface area contributed by atoms with Crippen molar-refractivity contribution in [3.05, 3.63) is 103 Å². The van der Waals surface area contributed by atoms with Gasteiger partial charge in [0.05, 0.1) is 11.9 Å². The Balaban J connectivity index is 1.60. The van der Waals surface area contributed by atoms with Crippen molar-refractivity contribution in [1.29, 1.82) is 0 Å². The number of para-hydroxylation sites is 1. The van der Waals surface area contributed by atoms with Gasteiger partial charge in [0.1, 0.15) is 12.3 Å². The van der Waals surface area contributed by atoms with Crippen molar-refractivity contribution in [2.24, 2.45) is 5.16 Å². The van der Waals surface area contributed by atoms with E-state index in [0.29, 0.717) is 6.61 Å². The van der Waals surface area contributed by atoms with Crippen LogP contribution in [0.25, 0.3) is 16.9 Å². The molecule has 0 saturated carbocycles. The Kier molecular flexibility index (Phi) is 5.02. The van der Waals surface area contributed by atoms with Crippen molar-refractivity contribution in [2.75, 3.05) is 0 Å². The fourth-order valence-corrected chi connectivity index (χ4v) is 2.70. The lowest BCUT2D eigenvalue weighted by atomic mass is 10.1. The number of rotatable bonds is 6. The van der Waals surface area contributed by atoms with Crippen molar-refractivity contribution in [2.45, 2.75) is 6.61 Å². The Bertz CT molecular complexity index is 1010. The first-order valence-corrected chi connectivity index (χ1v) is 8.65. The van der Waals surface area contributed by atoms with Crippen LogP contribution >= 0.6 is 0 Å². The third kappa shape index (κ3) is 4.10. The van der Waals surface area contributed by atoms with E-state index in [-0.39, 0.29) is 0 Å². The van der Waals surface area contributed by atoms with Crippen LogP contribution < -0.4 is 0 Å². The van der Waals surface area contributed by atoms with Crippen LogP contribution in [-0.4, -0.2) is 21.0 Å². The minimum atomic E-state index is 0.423. The molecular formula is C22H18N4O. The molecule has 0 atom stereocenters. The lowest BCUT2D eigenvalue weighted by Crippen LogP contribution is -1.94. The van der Waals surface area contributed by atoms with Crippen LogP contribution in [0.4, 0.5) is 0 Å². The molecule has 0 aliphatic carbocycles. The van der Waals surface area contributed by atoms with E-state index in [1.54, 1.807) is 18.6 Å². The second kappa shape index (κ2) is 8.10. The summed E-state index contributed by atoms with van der Waals surface area (Å²) in [7, 11) is 0. The van der Waals surface area contributed by atoms with E-state index >= 15 is 0 Å². The molecule has 0 radical (unpaired) electrons. The Hall–Kier alpha value is -3.73. The summed E-state index contributed by atoms with van der Waals surface area (Å²) in [6.45, 7) is 0.423. The van der Waals surface area contributed by atoms with Gasteiger partial charge in [-0.25, -0.2) is 4.68 Å². The zero-order valence-corrected chi connectivity index (χ0v) is 14.6. The number of nitrogens with zero attached hydrogens (tertiary/aromatic N) is 4. The van der Waals surface area contributed by atoms with Gasteiger partial charge in [-0.15, -0.1) is 0 Å². The van der Waals surface area contributed by atoms with Gasteiger partial charge >= 0.3 is 0 Å². The molecule has 0 bridgehead atoms. The first-order valence-electron chi connectivity index (χ1n) is 8.65. The fourth-order valence-electron chi connectivity index (χ4n) is 2.70. The monoisotopic (exact) mass is 354 g/mol. The van der Waals surface area contributed by atoms with Gasteiger partial charge in [0, 0.05) is 29.7 Å². The Morgan fingerprint density at radius 2 is 1.70 bits per heavy atom. The minimum Gasteiger partial charge on any atom is -0.391 e. The molecule has 0 aliphatic heterocycles. The highest BCUT2D eigenvalue weighted by atomic mass is 16.6. The molecule has 0 aliphatic rings. The molecule has 5 nitrogen and oxygen atoms in total. The van der Waals surface area contributed by atoms with Crippen LogP contribution in [-0.2, 0) is 11.4 Å². The van der Waals surface area contributed by atoms with Crippen LogP contribution in [0.2, 0.25) is 0 Å². The molecule has 0 fully saturated rings. The van der Waals surface area contributed by atoms with E-state index in [9.17, 15) is 0 Å². The topological polar surface area (TPSA) is 52.3 Å². The highest BCUT2D eigenvalue weighted by molar-refractivity contribution is 5.88. The second-order valence-electron chi connectivity index (χ2n) is 5.95. The number of oxime groups is 1. The molecular weight excluding hydrogens is 336 g/mol. The van der Waals surface area contributed by atoms with Gasteiger partial charge in [-0.3, -0.25) is 4.98 Å². The normalized spacial score (nSPS) is 11.0. The molecule has 0 unspecified atom stereocenters. The molecule has 2 aromatic heterocycles. The molecule has 4 rings (SSSR count). The zero-order valence-electron chi connectivity index (χ0n) is 14.6. The number of aromatic nitrogens is 3. The van der Waals surface area contributed by atoms with Gasteiger partial charge in [0.25, 0.3) is 0 Å². The zero-order chi connectivity index (χ0) is 18.3. The summed E-state index contributed by atoms with van der Waals surface area (Å²) in [5.41, 5.74) is 4.64. The van der Waals surface area contributed by atoms with E-state index in [1.165, 1.54) is 0 Å².